The molecule has 1 N–H and O–H groups in total. The standard InChI is InChI=1S/C21H26N2O3/c1-3-13-10-17-20(19(24)26-2)11-14(13)12-23(17)9-8-21(25)15-6-4-5-7-16(15)22-18(20)21/h4-7,13-14,17,25H,3,8-12H2,1-2H3. The van der Waals surface area contributed by atoms with E-state index in [0.29, 0.717) is 24.0 Å². The molecule has 4 aliphatic heterocycles. The van der Waals surface area contributed by atoms with Crippen LogP contribution in [0.2, 0.25) is 0 Å². The predicted octanol–water partition coefficient (Wildman–Crippen LogP) is 2.64. The van der Waals surface area contributed by atoms with Crippen molar-refractivity contribution in [2.75, 3.05) is 20.2 Å². The van der Waals surface area contributed by atoms with E-state index in [9.17, 15) is 9.90 Å². The third kappa shape index (κ3) is 1.83. The van der Waals surface area contributed by atoms with Crippen LogP contribution in [0.1, 0.15) is 38.2 Å². The van der Waals surface area contributed by atoms with Gasteiger partial charge in [0.05, 0.1) is 18.5 Å². The lowest BCUT2D eigenvalue weighted by molar-refractivity contribution is -0.163. The molecule has 1 aromatic rings. The minimum atomic E-state index is -1.16. The Bertz CT molecular complexity index is 806. The van der Waals surface area contributed by atoms with Crippen LogP contribution in [0.25, 0.3) is 0 Å². The van der Waals surface area contributed by atoms with Crippen molar-refractivity contribution in [2.24, 2.45) is 22.2 Å². The molecule has 5 heteroatoms. The molecule has 0 aromatic heterocycles. The highest BCUT2D eigenvalue weighted by Crippen LogP contribution is 2.59. The van der Waals surface area contributed by atoms with E-state index in [2.05, 4.69) is 11.8 Å². The number of piperidine rings is 2. The summed E-state index contributed by atoms with van der Waals surface area (Å²) in [6.45, 7) is 4.06. The molecular weight excluding hydrogens is 328 g/mol. The smallest absolute Gasteiger partial charge is 0.319 e. The average molecular weight is 354 g/mol. The number of rotatable bonds is 2. The summed E-state index contributed by atoms with van der Waals surface area (Å²) >= 11 is 0. The lowest BCUT2D eigenvalue weighted by atomic mass is 9.55. The average Bonchev–Trinajstić information content (AvgIpc) is 2.95. The number of benzene rings is 1. The third-order valence-corrected chi connectivity index (χ3v) is 7.49. The summed E-state index contributed by atoms with van der Waals surface area (Å²) in [5.41, 5.74) is 0.300. The fraction of sp³-hybridized carbons (Fsp3) is 0.619. The quantitative estimate of drug-likeness (QED) is 0.830. The first-order chi connectivity index (χ1) is 12.5. The first-order valence-corrected chi connectivity index (χ1v) is 9.78. The molecule has 0 amide bonds. The molecule has 1 aromatic carbocycles. The van der Waals surface area contributed by atoms with Gasteiger partial charge in [-0.1, -0.05) is 31.5 Å². The van der Waals surface area contributed by atoms with Crippen LogP contribution in [0.3, 0.4) is 0 Å². The molecule has 1 saturated carbocycles. The molecule has 6 rings (SSSR count). The van der Waals surface area contributed by atoms with Crippen molar-refractivity contribution in [3.8, 4) is 0 Å². The maximum atomic E-state index is 13.2. The molecule has 0 spiro atoms. The largest absolute Gasteiger partial charge is 0.468 e. The van der Waals surface area contributed by atoms with Crippen LogP contribution in [-0.2, 0) is 15.1 Å². The number of carbonyl (C=O) groups excluding carboxylic acids is 1. The van der Waals surface area contributed by atoms with Gasteiger partial charge >= 0.3 is 5.97 Å². The van der Waals surface area contributed by atoms with Crippen molar-refractivity contribution in [1.82, 2.24) is 4.90 Å². The third-order valence-electron chi connectivity index (χ3n) is 7.49. The van der Waals surface area contributed by atoms with Crippen molar-refractivity contribution < 1.29 is 14.6 Å². The van der Waals surface area contributed by atoms with Crippen LogP contribution in [-0.4, -0.2) is 47.9 Å². The van der Waals surface area contributed by atoms with Gasteiger partial charge in [-0.25, -0.2) is 0 Å². The van der Waals surface area contributed by atoms with E-state index in [1.807, 2.05) is 24.3 Å². The van der Waals surface area contributed by atoms with Crippen molar-refractivity contribution in [3.05, 3.63) is 29.8 Å². The Kier molecular flexibility index (Phi) is 3.41. The zero-order valence-electron chi connectivity index (χ0n) is 15.4. The number of ether oxygens (including phenoxy) is 1. The van der Waals surface area contributed by atoms with Crippen LogP contribution in [0.5, 0.6) is 0 Å². The molecule has 4 fully saturated rings. The second kappa shape index (κ2) is 5.40. The van der Waals surface area contributed by atoms with Gasteiger partial charge in [-0.2, -0.15) is 0 Å². The van der Waals surface area contributed by atoms with Gasteiger partial charge in [0.2, 0.25) is 0 Å². The summed E-state index contributed by atoms with van der Waals surface area (Å²) in [6.07, 6.45) is 3.46. The van der Waals surface area contributed by atoms with Crippen LogP contribution >= 0.6 is 0 Å². The van der Waals surface area contributed by atoms with E-state index in [1.54, 1.807) is 0 Å². The molecule has 5 nitrogen and oxygen atoms in total. The lowest BCUT2D eigenvalue weighted by Crippen LogP contribution is -2.67. The monoisotopic (exact) mass is 354 g/mol. The number of aliphatic hydroxyl groups is 1. The van der Waals surface area contributed by atoms with E-state index >= 15 is 0 Å². The Labute approximate surface area is 154 Å². The van der Waals surface area contributed by atoms with Crippen LogP contribution in [0, 0.1) is 17.3 Å². The summed E-state index contributed by atoms with van der Waals surface area (Å²) in [6, 6.07) is 7.85. The Hall–Kier alpha value is -1.72. The molecule has 3 saturated heterocycles. The highest BCUT2D eigenvalue weighted by molar-refractivity contribution is 6.15. The van der Waals surface area contributed by atoms with Crippen molar-refractivity contribution in [2.45, 2.75) is 44.2 Å². The number of hydrogen-bond donors (Lipinski definition) is 1. The van der Waals surface area contributed by atoms with Crippen LogP contribution < -0.4 is 0 Å². The SMILES string of the molecule is CCC1CC2N3CCC4(O)C(=Nc5ccccc54)C2(C(=O)OC)CC1C3. The second-order valence-corrected chi connectivity index (χ2v) is 8.43. The number of para-hydroxylation sites is 1. The predicted molar refractivity (Wildman–Crippen MR) is 98.4 cm³/mol. The van der Waals surface area contributed by atoms with Crippen molar-refractivity contribution >= 4 is 17.4 Å². The summed E-state index contributed by atoms with van der Waals surface area (Å²) in [4.78, 5) is 20.5. The van der Waals surface area contributed by atoms with Crippen molar-refractivity contribution in [1.29, 1.82) is 0 Å². The molecule has 4 bridgehead atoms. The van der Waals surface area contributed by atoms with Gasteiger partial charge in [0.15, 0.2) is 0 Å². The molecule has 1 aliphatic carbocycles. The molecule has 4 heterocycles. The summed E-state index contributed by atoms with van der Waals surface area (Å²) in [7, 11) is 1.47. The van der Waals surface area contributed by atoms with E-state index in [4.69, 9.17) is 9.73 Å². The fourth-order valence-electron chi connectivity index (χ4n) is 6.29. The number of carbonyl (C=O) groups is 1. The van der Waals surface area contributed by atoms with E-state index < -0.39 is 11.0 Å². The maximum absolute atomic E-state index is 13.2. The minimum Gasteiger partial charge on any atom is -0.468 e. The van der Waals surface area contributed by atoms with Gasteiger partial charge in [-0.05, 0) is 37.2 Å². The van der Waals surface area contributed by atoms with Gasteiger partial charge in [0.25, 0.3) is 0 Å². The zero-order valence-corrected chi connectivity index (χ0v) is 15.4. The Morgan fingerprint density at radius 1 is 1.42 bits per heavy atom. The molecule has 26 heavy (non-hydrogen) atoms. The maximum Gasteiger partial charge on any atom is 0.319 e. The molecule has 0 radical (unpaired) electrons. The number of methoxy groups -OCH3 is 1. The Morgan fingerprint density at radius 2 is 2.23 bits per heavy atom. The van der Waals surface area contributed by atoms with Gasteiger partial charge in [-0.3, -0.25) is 14.7 Å². The van der Waals surface area contributed by atoms with E-state index in [1.165, 1.54) is 7.11 Å². The minimum absolute atomic E-state index is 0.0759. The highest BCUT2D eigenvalue weighted by Gasteiger charge is 2.67. The molecular formula is C21H26N2O3. The number of esters is 1. The normalized spacial score (nSPS) is 42.5. The van der Waals surface area contributed by atoms with Crippen LogP contribution in [0.4, 0.5) is 5.69 Å². The van der Waals surface area contributed by atoms with Gasteiger partial charge in [0, 0.05) is 24.7 Å². The number of aliphatic imine (C=N–C) groups is 1. The zero-order chi connectivity index (χ0) is 18.1. The lowest BCUT2D eigenvalue weighted by Gasteiger charge is -2.57. The van der Waals surface area contributed by atoms with Gasteiger partial charge in [0.1, 0.15) is 11.0 Å². The first-order valence-electron chi connectivity index (χ1n) is 9.78. The first kappa shape index (κ1) is 16.5. The van der Waals surface area contributed by atoms with Gasteiger partial charge in [-0.15, -0.1) is 0 Å². The number of fused-ring (bicyclic) bond motifs is 4. The molecule has 6 atom stereocenters. The highest BCUT2D eigenvalue weighted by atomic mass is 16.5. The Morgan fingerprint density at radius 3 is 2.96 bits per heavy atom. The fourth-order valence-corrected chi connectivity index (χ4v) is 6.29. The molecule has 5 aliphatic rings. The number of nitrogens with zero attached hydrogens (tertiary/aromatic N) is 2. The summed E-state index contributed by atoms with van der Waals surface area (Å²) < 4.78 is 5.34. The van der Waals surface area contributed by atoms with Crippen molar-refractivity contribution in [3.63, 3.8) is 0 Å². The number of hydrogen-bond acceptors (Lipinski definition) is 5. The molecule has 6 unspecified atom stereocenters. The van der Waals surface area contributed by atoms with Gasteiger partial charge < -0.3 is 9.84 Å². The topological polar surface area (TPSA) is 62.1 Å². The van der Waals surface area contributed by atoms with E-state index in [-0.39, 0.29) is 12.0 Å². The second-order valence-electron chi connectivity index (χ2n) is 8.43. The van der Waals surface area contributed by atoms with Crippen LogP contribution in [0.15, 0.2) is 29.3 Å². The van der Waals surface area contributed by atoms with E-state index in [0.717, 1.165) is 43.6 Å². The summed E-state index contributed by atoms with van der Waals surface area (Å²) in [5, 5.41) is 11.8. The Balaban J connectivity index is 1.72. The molecule has 138 valence electrons. The summed E-state index contributed by atoms with van der Waals surface area (Å²) in [5.74, 6) is 0.876.